The Bertz CT molecular complexity index is 452. The van der Waals surface area contributed by atoms with Crippen molar-refractivity contribution in [1.29, 1.82) is 0 Å². The summed E-state index contributed by atoms with van der Waals surface area (Å²) in [6.45, 7) is 5.38. The maximum absolute atomic E-state index is 12.3. The molecule has 1 aliphatic heterocycles. The first kappa shape index (κ1) is 19.2. The van der Waals surface area contributed by atoms with Crippen molar-refractivity contribution in [3.05, 3.63) is 11.6 Å². The maximum atomic E-state index is 12.3. The summed E-state index contributed by atoms with van der Waals surface area (Å²) in [7, 11) is 0. The first-order valence-electron chi connectivity index (χ1n) is 8.06. The number of allylic oxidation sites excluding steroid dienone is 1. The third-order valence-corrected chi connectivity index (χ3v) is 3.79. The molecule has 0 spiro atoms. The highest BCUT2D eigenvalue weighted by molar-refractivity contribution is 5.87. The minimum absolute atomic E-state index is 0.00757. The lowest BCUT2D eigenvalue weighted by molar-refractivity contribution is -0.140. The molecule has 1 rings (SSSR count). The second-order valence-electron chi connectivity index (χ2n) is 6.03. The molecule has 1 fully saturated rings. The number of hydroxylamine groups is 1. The van der Waals surface area contributed by atoms with Gasteiger partial charge in [0.25, 0.3) is 5.91 Å². The number of likely N-dealkylation sites (tertiary alicyclic amines) is 1. The van der Waals surface area contributed by atoms with Crippen molar-refractivity contribution < 1.29 is 19.6 Å². The van der Waals surface area contributed by atoms with Crippen molar-refractivity contribution in [3.8, 4) is 0 Å². The summed E-state index contributed by atoms with van der Waals surface area (Å²) in [5.74, 6) is -0.925. The van der Waals surface area contributed by atoms with E-state index in [0.29, 0.717) is 0 Å². The summed E-state index contributed by atoms with van der Waals surface area (Å²) in [5, 5.41) is 8.62. The van der Waals surface area contributed by atoms with Crippen LogP contribution in [-0.4, -0.2) is 58.9 Å². The molecule has 0 radical (unpaired) electrons. The van der Waals surface area contributed by atoms with Gasteiger partial charge in [0.05, 0.1) is 0 Å². The molecule has 0 aliphatic carbocycles. The van der Waals surface area contributed by atoms with Crippen LogP contribution < -0.4 is 5.48 Å². The lowest BCUT2D eigenvalue weighted by atomic mass is 10.1. The Balaban J connectivity index is 2.52. The van der Waals surface area contributed by atoms with Crippen LogP contribution in [0.3, 0.4) is 0 Å². The Morgan fingerprint density at radius 1 is 1.13 bits per heavy atom. The molecule has 1 aliphatic rings. The van der Waals surface area contributed by atoms with Gasteiger partial charge in [0.2, 0.25) is 11.8 Å². The quantitative estimate of drug-likeness (QED) is 0.416. The van der Waals surface area contributed by atoms with Crippen molar-refractivity contribution in [2.45, 2.75) is 46.0 Å². The molecule has 7 nitrogen and oxygen atoms in total. The topological polar surface area (TPSA) is 90.0 Å². The summed E-state index contributed by atoms with van der Waals surface area (Å²) in [6, 6.07) is 0. The molecule has 3 amide bonds. The van der Waals surface area contributed by atoms with Gasteiger partial charge in [-0.05, 0) is 33.1 Å². The Hall–Kier alpha value is -1.89. The number of amides is 3. The van der Waals surface area contributed by atoms with Crippen molar-refractivity contribution in [1.82, 2.24) is 15.3 Å². The lowest BCUT2D eigenvalue weighted by Gasteiger charge is -2.27. The molecule has 130 valence electrons. The zero-order valence-electron chi connectivity index (χ0n) is 14.0. The molecule has 1 heterocycles. The van der Waals surface area contributed by atoms with E-state index in [1.807, 2.05) is 19.9 Å². The Kier molecular flexibility index (Phi) is 8.32. The van der Waals surface area contributed by atoms with Gasteiger partial charge in [-0.2, -0.15) is 0 Å². The van der Waals surface area contributed by atoms with E-state index in [2.05, 4.69) is 0 Å². The Morgan fingerprint density at radius 3 is 2.35 bits per heavy atom. The van der Waals surface area contributed by atoms with Crippen molar-refractivity contribution in [2.24, 2.45) is 0 Å². The van der Waals surface area contributed by atoms with E-state index in [9.17, 15) is 14.4 Å². The van der Waals surface area contributed by atoms with Crippen LogP contribution in [0.15, 0.2) is 11.6 Å². The average molecular weight is 325 g/mol. The van der Waals surface area contributed by atoms with Crippen LogP contribution in [-0.2, 0) is 14.4 Å². The normalized spacial score (nSPS) is 14.1. The van der Waals surface area contributed by atoms with Crippen molar-refractivity contribution >= 4 is 17.7 Å². The molecule has 0 aromatic rings. The van der Waals surface area contributed by atoms with Gasteiger partial charge >= 0.3 is 0 Å². The second kappa shape index (κ2) is 9.99. The van der Waals surface area contributed by atoms with Crippen molar-refractivity contribution in [2.75, 3.05) is 26.2 Å². The zero-order chi connectivity index (χ0) is 17.2. The van der Waals surface area contributed by atoms with Gasteiger partial charge in [0.15, 0.2) is 0 Å². The highest BCUT2D eigenvalue weighted by atomic mass is 16.5. The number of carbonyl (C=O) groups excluding carboxylic acids is 3. The Labute approximate surface area is 137 Å². The predicted molar refractivity (Wildman–Crippen MR) is 85.6 cm³/mol. The highest BCUT2D eigenvalue weighted by Crippen LogP contribution is 2.11. The van der Waals surface area contributed by atoms with E-state index in [4.69, 9.17) is 5.21 Å². The van der Waals surface area contributed by atoms with Crippen LogP contribution in [0.2, 0.25) is 0 Å². The number of rotatable bonds is 7. The lowest BCUT2D eigenvalue weighted by Crippen LogP contribution is -2.41. The van der Waals surface area contributed by atoms with Crippen LogP contribution in [0.5, 0.6) is 0 Å². The van der Waals surface area contributed by atoms with Gasteiger partial charge in [-0.3, -0.25) is 19.6 Å². The summed E-state index contributed by atoms with van der Waals surface area (Å²) >= 11 is 0. The number of piperidine rings is 1. The standard InChI is InChI=1S/C16H27N3O4/c1-13(2)8-11-19(12-14(20)17-23)16(22)7-6-15(21)18-9-4-3-5-10-18/h8,23H,3-7,9-12H2,1-2H3,(H,17,20). The summed E-state index contributed by atoms with van der Waals surface area (Å²) in [6.07, 6.45) is 5.24. The van der Waals surface area contributed by atoms with Crippen LogP contribution in [0.1, 0.15) is 46.0 Å². The summed E-state index contributed by atoms with van der Waals surface area (Å²) < 4.78 is 0. The molecular weight excluding hydrogens is 298 g/mol. The van der Waals surface area contributed by atoms with E-state index >= 15 is 0 Å². The third-order valence-electron chi connectivity index (χ3n) is 3.79. The van der Waals surface area contributed by atoms with Crippen LogP contribution in [0.25, 0.3) is 0 Å². The highest BCUT2D eigenvalue weighted by Gasteiger charge is 2.20. The largest absolute Gasteiger partial charge is 0.343 e. The summed E-state index contributed by atoms with van der Waals surface area (Å²) in [4.78, 5) is 38.8. The monoisotopic (exact) mass is 325 g/mol. The van der Waals surface area contributed by atoms with E-state index in [1.54, 1.807) is 4.90 Å². The molecule has 0 aromatic carbocycles. The van der Waals surface area contributed by atoms with Crippen LogP contribution >= 0.6 is 0 Å². The fraction of sp³-hybridized carbons (Fsp3) is 0.688. The van der Waals surface area contributed by atoms with Gasteiger partial charge < -0.3 is 9.80 Å². The van der Waals surface area contributed by atoms with Crippen molar-refractivity contribution in [3.63, 3.8) is 0 Å². The molecule has 0 bridgehead atoms. The molecule has 0 saturated carbocycles. The molecule has 2 N–H and O–H groups in total. The SMILES string of the molecule is CC(C)=CCN(CC(=O)NO)C(=O)CCC(=O)N1CCCCC1. The van der Waals surface area contributed by atoms with Gasteiger partial charge in [-0.25, -0.2) is 5.48 Å². The van der Waals surface area contributed by atoms with Gasteiger partial charge in [-0.1, -0.05) is 11.6 Å². The van der Waals surface area contributed by atoms with Gasteiger partial charge in [-0.15, -0.1) is 0 Å². The molecular formula is C16H27N3O4. The predicted octanol–water partition coefficient (Wildman–Crippen LogP) is 1.08. The smallest absolute Gasteiger partial charge is 0.262 e. The second-order valence-corrected chi connectivity index (χ2v) is 6.03. The minimum Gasteiger partial charge on any atom is -0.343 e. The van der Waals surface area contributed by atoms with E-state index < -0.39 is 5.91 Å². The number of carbonyl (C=O) groups is 3. The third kappa shape index (κ3) is 7.27. The van der Waals surface area contributed by atoms with Gasteiger partial charge in [0, 0.05) is 32.5 Å². The molecule has 0 aromatic heterocycles. The molecule has 0 atom stereocenters. The van der Waals surface area contributed by atoms with Gasteiger partial charge in [0.1, 0.15) is 6.54 Å². The van der Waals surface area contributed by atoms with E-state index in [-0.39, 0.29) is 37.7 Å². The fourth-order valence-corrected chi connectivity index (χ4v) is 2.43. The molecule has 0 unspecified atom stereocenters. The molecule has 1 saturated heterocycles. The number of hydrogen-bond acceptors (Lipinski definition) is 4. The van der Waals surface area contributed by atoms with E-state index in [0.717, 1.165) is 37.9 Å². The summed E-state index contributed by atoms with van der Waals surface area (Å²) in [5.41, 5.74) is 2.55. The molecule has 7 heteroatoms. The number of nitrogens with one attached hydrogen (secondary N) is 1. The van der Waals surface area contributed by atoms with Crippen LogP contribution in [0.4, 0.5) is 0 Å². The first-order valence-corrected chi connectivity index (χ1v) is 8.06. The zero-order valence-corrected chi connectivity index (χ0v) is 14.0. The minimum atomic E-state index is -0.650. The fourth-order valence-electron chi connectivity index (χ4n) is 2.43. The maximum Gasteiger partial charge on any atom is 0.262 e. The average Bonchev–Trinajstić information content (AvgIpc) is 2.56. The van der Waals surface area contributed by atoms with Crippen LogP contribution in [0, 0.1) is 0 Å². The Morgan fingerprint density at radius 2 is 1.78 bits per heavy atom. The number of hydrogen-bond donors (Lipinski definition) is 2. The van der Waals surface area contributed by atoms with E-state index in [1.165, 1.54) is 10.4 Å². The first-order chi connectivity index (χ1) is 10.9. The number of nitrogens with zero attached hydrogens (tertiary/aromatic N) is 2. The molecule has 23 heavy (non-hydrogen) atoms.